The van der Waals surface area contributed by atoms with Crippen molar-refractivity contribution in [3.8, 4) is 0 Å². The van der Waals surface area contributed by atoms with Crippen LogP contribution in [0.15, 0.2) is 0 Å². The van der Waals surface area contributed by atoms with Crippen LogP contribution in [0.25, 0.3) is 0 Å². The Bertz CT molecular complexity index is 134. The molecular weight excluding hydrogens is 144 g/mol. The molecule has 0 bridgehead atoms. The Labute approximate surface area is 67.1 Å². The van der Waals surface area contributed by atoms with E-state index < -0.39 is 5.54 Å². The average molecular weight is 160 g/mol. The van der Waals surface area contributed by atoms with Crippen LogP contribution in [0.2, 0.25) is 0 Å². The number of hydrogen-bond donors (Lipinski definition) is 2. The topological polar surface area (TPSA) is 64.4 Å². The summed E-state index contributed by atoms with van der Waals surface area (Å²) in [5.41, 5.74) is 4.71. The number of nitrogens with two attached hydrogens (primary N) is 1. The lowest BCUT2D eigenvalue weighted by atomic mass is 10.1. The summed E-state index contributed by atoms with van der Waals surface area (Å²) < 4.78 is 4.79. The van der Waals surface area contributed by atoms with Gasteiger partial charge in [-0.25, -0.2) is 0 Å². The van der Waals surface area contributed by atoms with Gasteiger partial charge >= 0.3 is 0 Å². The van der Waals surface area contributed by atoms with Gasteiger partial charge in [-0.15, -0.1) is 0 Å². The predicted molar refractivity (Wildman–Crippen MR) is 43.2 cm³/mol. The lowest BCUT2D eigenvalue weighted by molar-refractivity contribution is -0.127. The molecule has 0 aromatic carbocycles. The Morgan fingerprint density at radius 2 is 2.27 bits per heavy atom. The second-order valence-corrected chi connectivity index (χ2v) is 2.71. The van der Waals surface area contributed by atoms with Crippen LogP contribution in [0.5, 0.6) is 0 Å². The number of carbonyl (C=O) groups excluding carboxylic acids is 1. The fraction of sp³-hybridized carbons (Fsp3) is 0.857. The molecule has 3 N–H and O–H groups in total. The van der Waals surface area contributed by atoms with Crippen molar-refractivity contribution in [2.75, 3.05) is 20.3 Å². The van der Waals surface area contributed by atoms with Crippen molar-refractivity contribution in [2.45, 2.75) is 19.4 Å². The summed E-state index contributed by atoms with van der Waals surface area (Å²) in [7, 11) is 1.52. The fourth-order valence-electron chi connectivity index (χ4n) is 0.728. The largest absolute Gasteiger partial charge is 0.382 e. The third-order valence-electron chi connectivity index (χ3n) is 1.30. The first-order valence-electron chi connectivity index (χ1n) is 3.60. The van der Waals surface area contributed by atoms with E-state index in [-0.39, 0.29) is 12.5 Å². The van der Waals surface area contributed by atoms with Gasteiger partial charge in [0.25, 0.3) is 0 Å². The van der Waals surface area contributed by atoms with Crippen LogP contribution in [0.3, 0.4) is 0 Å². The molecule has 0 heterocycles. The first-order valence-corrected chi connectivity index (χ1v) is 3.60. The predicted octanol–water partition coefficient (Wildman–Crippen LogP) is -0.514. The Morgan fingerprint density at radius 1 is 1.73 bits per heavy atom. The van der Waals surface area contributed by atoms with Crippen molar-refractivity contribution in [2.24, 2.45) is 5.73 Å². The minimum absolute atomic E-state index is 0.179. The molecule has 0 aliphatic rings. The molecule has 0 aliphatic carbocycles. The van der Waals surface area contributed by atoms with Gasteiger partial charge < -0.3 is 15.8 Å². The number of hydrogen-bond acceptors (Lipinski definition) is 3. The molecule has 0 fully saturated rings. The Morgan fingerprint density at radius 3 is 2.64 bits per heavy atom. The summed E-state index contributed by atoms with van der Waals surface area (Å²) in [4.78, 5) is 11.1. The molecule has 0 aromatic rings. The van der Waals surface area contributed by atoms with Crippen molar-refractivity contribution in [1.82, 2.24) is 5.32 Å². The molecule has 0 saturated heterocycles. The summed E-state index contributed by atoms with van der Waals surface area (Å²) in [5, 5.41) is 2.63. The van der Waals surface area contributed by atoms with Crippen molar-refractivity contribution in [1.29, 1.82) is 0 Å². The zero-order valence-electron chi connectivity index (χ0n) is 7.31. The monoisotopic (exact) mass is 160 g/mol. The molecule has 0 aliphatic heterocycles. The second-order valence-electron chi connectivity index (χ2n) is 2.71. The van der Waals surface area contributed by atoms with Crippen molar-refractivity contribution >= 4 is 5.91 Å². The minimum atomic E-state index is -0.912. The summed E-state index contributed by atoms with van der Waals surface area (Å²) in [6.45, 7) is 4.32. The number of carbonyl (C=O) groups is 1. The summed E-state index contributed by atoms with van der Waals surface area (Å²) >= 11 is 0. The van der Waals surface area contributed by atoms with Gasteiger partial charge in [-0.2, -0.15) is 0 Å². The van der Waals surface area contributed by atoms with E-state index in [9.17, 15) is 4.79 Å². The van der Waals surface area contributed by atoms with Gasteiger partial charge in [-0.1, -0.05) is 0 Å². The van der Waals surface area contributed by atoms with Crippen LogP contribution in [-0.4, -0.2) is 31.7 Å². The van der Waals surface area contributed by atoms with E-state index in [1.54, 1.807) is 6.92 Å². The maximum Gasteiger partial charge on any atom is 0.242 e. The molecule has 4 heteroatoms. The third-order valence-corrected chi connectivity index (χ3v) is 1.30. The van der Waals surface area contributed by atoms with E-state index in [4.69, 9.17) is 10.5 Å². The average Bonchev–Trinajstić information content (AvgIpc) is 1.88. The van der Waals surface area contributed by atoms with Gasteiger partial charge in [0.2, 0.25) is 5.91 Å². The summed E-state index contributed by atoms with van der Waals surface area (Å²) in [5.74, 6) is -0.179. The van der Waals surface area contributed by atoms with Crippen molar-refractivity contribution < 1.29 is 9.53 Å². The lowest BCUT2D eigenvalue weighted by Gasteiger charge is -2.21. The first-order chi connectivity index (χ1) is 5.04. The van der Waals surface area contributed by atoms with Gasteiger partial charge in [0.05, 0.1) is 6.61 Å². The highest BCUT2D eigenvalue weighted by atomic mass is 16.5. The molecule has 0 saturated carbocycles. The van der Waals surface area contributed by atoms with Gasteiger partial charge in [0, 0.05) is 13.7 Å². The Hall–Kier alpha value is -0.610. The molecule has 4 nitrogen and oxygen atoms in total. The molecule has 1 atom stereocenters. The van der Waals surface area contributed by atoms with Crippen LogP contribution >= 0.6 is 0 Å². The number of ether oxygens (including phenoxy) is 1. The van der Waals surface area contributed by atoms with E-state index in [0.29, 0.717) is 6.54 Å². The van der Waals surface area contributed by atoms with E-state index in [2.05, 4.69) is 5.32 Å². The van der Waals surface area contributed by atoms with E-state index >= 15 is 0 Å². The number of likely N-dealkylation sites (N-methyl/N-ethyl adjacent to an activating group) is 1. The number of amides is 1. The van der Waals surface area contributed by atoms with E-state index in [1.807, 2.05) is 6.92 Å². The van der Waals surface area contributed by atoms with Crippen molar-refractivity contribution in [3.05, 3.63) is 0 Å². The minimum Gasteiger partial charge on any atom is -0.382 e. The highest BCUT2D eigenvalue weighted by molar-refractivity contribution is 5.85. The SMILES string of the molecule is CCNC(=O)[C@@](C)(N)COC. The van der Waals surface area contributed by atoms with E-state index in [0.717, 1.165) is 0 Å². The number of nitrogens with one attached hydrogen (secondary N) is 1. The molecule has 0 unspecified atom stereocenters. The van der Waals surface area contributed by atoms with Crippen LogP contribution in [-0.2, 0) is 9.53 Å². The quantitative estimate of drug-likeness (QED) is 0.582. The van der Waals surface area contributed by atoms with Gasteiger partial charge in [0.15, 0.2) is 0 Å². The Balaban J connectivity index is 3.94. The summed E-state index contributed by atoms with van der Waals surface area (Å²) in [6.07, 6.45) is 0. The highest BCUT2D eigenvalue weighted by Crippen LogP contribution is 1.98. The summed E-state index contributed by atoms with van der Waals surface area (Å²) in [6, 6.07) is 0. The number of methoxy groups -OCH3 is 1. The number of rotatable bonds is 4. The standard InChI is InChI=1S/C7H16N2O2/c1-4-9-6(10)7(2,8)5-11-3/h4-5,8H2,1-3H3,(H,9,10)/t7-/m0/s1. The molecule has 0 radical (unpaired) electrons. The van der Waals surface area contributed by atoms with Gasteiger partial charge in [-0.3, -0.25) is 4.79 Å². The third kappa shape index (κ3) is 3.34. The van der Waals surface area contributed by atoms with Crippen LogP contribution < -0.4 is 11.1 Å². The second kappa shape index (κ2) is 4.31. The van der Waals surface area contributed by atoms with Crippen LogP contribution in [0.1, 0.15) is 13.8 Å². The molecule has 0 rings (SSSR count). The smallest absolute Gasteiger partial charge is 0.242 e. The fourth-order valence-corrected chi connectivity index (χ4v) is 0.728. The van der Waals surface area contributed by atoms with Crippen LogP contribution in [0.4, 0.5) is 0 Å². The maximum atomic E-state index is 11.1. The molecule has 66 valence electrons. The van der Waals surface area contributed by atoms with Gasteiger partial charge in [-0.05, 0) is 13.8 Å². The van der Waals surface area contributed by atoms with Crippen LogP contribution in [0, 0.1) is 0 Å². The maximum absolute atomic E-state index is 11.1. The lowest BCUT2D eigenvalue weighted by Crippen LogP contribution is -2.54. The van der Waals surface area contributed by atoms with Gasteiger partial charge in [0.1, 0.15) is 5.54 Å². The highest BCUT2D eigenvalue weighted by Gasteiger charge is 2.27. The van der Waals surface area contributed by atoms with E-state index in [1.165, 1.54) is 7.11 Å². The normalized spacial score (nSPS) is 15.6. The molecule has 11 heavy (non-hydrogen) atoms. The molecular formula is C7H16N2O2. The van der Waals surface area contributed by atoms with Crippen molar-refractivity contribution in [3.63, 3.8) is 0 Å². The molecule has 1 amide bonds. The molecule has 0 aromatic heterocycles. The molecule has 0 spiro atoms. The first kappa shape index (κ1) is 10.4. The Kier molecular flexibility index (Phi) is 4.07. The zero-order chi connectivity index (χ0) is 8.91. The zero-order valence-corrected chi connectivity index (χ0v) is 7.31.